The minimum atomic E-state index is 0.0906. The average Bonchev–Trinajstić information content (AvgIpc) is 2.26. The summed E-state index contributed by atoms with van der Waals surface area (Å²) in [6.07, 6.45) is 4.89. The van der Waals surface area contributed by atoms with E-state index in [-0.39, 0.29) is 6.04 Å². The smallest absolute Gasteiger partial charge is 0.0300 e. The van der Waals surface area contributed by atoms with Gasteiger partial charge in [0.1, 0.15) is 0 Å². The highest BCUT2D eigenvalue weighted by atomic mass is 15.2. The SMILES string of the molecule is C=CC(N)C/C=C(\C)N1CCNCC1. The van der Waals surface area contributed by atoms with E-state index in [1.807, 2.05) is 0 Å². The Morgan fingerprint density at radius 3 is 2.79 bits per heavy atom. The number of nitrogens with two attached hydrogens (primary N) is 1. The Morgan fingerprint density at radius 1 is 1.57 bits per heavy atom. The highest BCUT2D eigenvalue weighted by molar-refractivity contribution is 5.02. The second kappa shape index (κ2) is 5.83. The van der Waals surface area contributed by atoms with Crippen molar-refractivity contribution < 1.29 is 0 Å². The van der Waals surface area contributed by atoms with Gasteiger partial charge in [-0.1, -0.05) is 12.2 Å². The highest BCUT2D eigenvalue weighted by Gasteiger charge is 2.08. The summed E-state index contributed by atoms with van der Waals surface area (Å²) >= 11 is 0. The van der Waals surface area contributed by atoms with Crippen LogP contribution in [0.2, 0.25) is 0 Å². The molecule has 3 nitrogen and oxygen atoms in total. The van der Waals surface area contributed by atoms with Gasteiger partial charge in [0, 0.05) is 37.9 Å². The number of nitrogens with one attached hydrogen (secondary N) is 1. The molecule has 1 aliphatic rings. The third kappa shape index (κ3) is 3.52. The molecule has 1 unspecified atom stereocenters. The van der Waals surface area contributed by atoms with E-state index in [4.69, 9.17) is 5.73 Å². The summed E-state index contributed by atoms with van der Waals surface area (Å²) in [5.41, 5.74) is 7.09. The Hall–Kier alpha value is -0.800. The molecule has 1 atom stereocenters. The molecule has 0 radical (unpaired) electrons. The molecule has 0 bridgehead atoms. The van der Waals surface area contributed by atoms with E-state index in [0.29, 0.717) is 0 Å². The van der Waals surface area contributed by atoms with Crippen molar-refractivity contribution in [2.45, 2.75) is 19.4 Å². The van der Waals surface area contributed by atoms with Crippen LogP contribution < -0.4 is 11.1 Å². The Balaban J connectivity index is 2.37. The maximum atomic E-state index is 5.76. The number of hydrogen-bond donors (Lipinski definition) is 2. The molecule has 3 heteroatoms. The normalized spacial score (nSPS) is 20.7. The van der Waals surface area contributed by atoms with E-state index >= 15 is 0 Å². The summed E-state index contributed by atoms with van der Waals surface area (Å²) in [5, 5.41) is 3.34. The molecule has 1 saturated heterocycles. The number of nitrogens with zero attached hydrogens (tertiary/aromatic N) is 1. The largest absolute Gasteiger partial charge is 0.373 e. The summed E-state index contributed by atoms with van der Waals surface area (Å²) < 4.78 is 0. The summed E-state index contributed by atoms with van der Waals surface area (Å²) in [7, 11) is 0. The van der Waals surface area contributed by atoms with Crippen LogP contribution in [-0.2, 0) is 0 Å². The van der Waals surface area contributed by atoms with Gasteiger partial charge in [0.15, 0.2) is 0 Å². The molecule has 0 aromatic carbocycles. The molecular weight excluding hydrogens is 174 g/mol. The number of hydrogen-bond acceptors (Lipinski definition) is 3. The summed E-state index contributed by atoms with van der Waals surface area (Å²) in [4.78, 5) is 2.40. The zero-order chi connectivity index (χ0) is 10.4. The monoisotopic (exact) mass is 195 g/mol. The zero-order valence-corrected chi connectivity index (χ0v) is 9.00. The van der Waals surface area contributed by atoms with E-state index < -0.39 is 0 Å². The van der Waals surface area contributed by atoms with Gasteiger partial charge in [-0.05, 0) is 13.3 Å². The lowest BCUT2D eigenvalue weighted by molar-refractivity contribution is 0.299. The van der Waals surface area contributed by atoms with Gasteiger partial charge in [0.2, 0.25) is 0 Å². The van der Waals surface area contributed by atoms with Crippen LogP contribution in [-0.4, -0.2) is 37.1 Å². The lowest BCUT2D eigenvalue weighted by Gasteiger charge is -2.30. The van der Waals surface area contributed by atoms with Crippen LogP contribution in [0.5, 0.6) is 0 Å². The Kier molecular flexibility index (Phi) is 4.70. The van der Waals surface area contributed by atoms with Crippen molar-refractivity contribution in [1.82, 2.24) is 10.2 Å². The fraction of sp³-hybridized carbons (Fsp3) is 0.636. The van der Waals surface area contributed by atoms with Gasteiger partial charge in [-0.3, -0.25) is 0 Å². The first-order chi connectivity index (χ1) is 6.74. The number of rotatable bonds is 4. The fourth-order valence-corrected chi connectivity index (χ4v) is 1.55. The average molecular weight is 195 g/mol. The van der Waals surface area contributed by atoms with Gasteiger partial charge >= 0.3 is 0 Å². The Labute approximate surface area is 86.7 Å². The fourth-order valence-electron chi connectivity index (χ4n) is 1.55. The lowest BCUT2D eigenvalue weighted by atomic mass is 10.2. The standard InChI is InChI=1S/C11H21N3/c1-3-11(12)5-4-10(2)14-8-6-13-7-9-14/h3-4,11,13H,1,5-9,12H2,2H3/b10-4+. The number of allylic oxidation sites excluding steroid dienone is 1. The predicted molar refractivity (Wildman–Crippen MR) is 61.0 cm³/mol. The maximum Gasteiger partial charge on any atom is 0.0300 e. The second-order valence-corrected chi connectivity index (χ2v) is 3.72. The molecule has 0 saturated carbocycles. The van der Waals surface area contributed by atoms with Crippen molar-refractivity contribution in [3.05, 3.63) is 24.4 Å². The third-order valence-electron chi connectivity index (χ3n) is 2.60. The van der Waals surface area contributed by atoms with Crippen LogP contribution in [0.15, 0.2) is 24.4 Å². The quantitative estimate of drug-likeness (QED) is 0.649. The van der Waals surface area contributed by atoms with E-state index in [0.717, 1.165) is 32.6 Å². The van der Waals surface area contributed by atoms with Crippen LogP contribution in [0.25, 0.3) is 0 Å². The third-order valence-corrected chi connectivity index (χ3v) is 2.60. The van der Waals surface area contributed by atoms with Gasteiger partial charge < -0.3 is 16.0 Å². The van der Waals surface area contributed by atoms with Crippen molar-refractivity contribution in [3.8, 4) is 0 Å². The molecule has 3 N–H and O–H groups in total. The van der Waals surface area contributed by atoms with Crippen molar-refractivity contribution in [2.75, 3.05) is 26.2 Å². The van der Waals surface area contributed by atoms with Crippen molar-refractivity contribution >= 4 is 0 Å². The minimum Gasteiger partial charge on any atom is -0.373 e. The maximum absolute atomic E-state index is 5.76. The van der Waals surface area contributed by atoms with E-state index in [2.05, 4.69) is 29.8 Å². The first-order valence-electron chi connectivity index (χ1n) is 5.24. The lowest BCUT2D eigenvalue weighted by Crippen LogP contribution is -2.42. The van der Waals surface area contributed by atoms with Crippen LogP contribution >= 0.6 is 0 Å². The summed E-state index contributed by atoms with van der Waals surface area (Å²) in [6.45, 7) is 10.2. The molecule has 80 valence electrons. The minimum absolute atomic E-state index is 0.0906. The number of piperazine rings is 1. The molecule has 0 aliphatic carbocycles. The summed E-state index contributed by atoms with van der Waals surface area (Å²) in [6, 6.07) is 0.0906. The van der Waals surface area contributed by atoms with Crippen molar-refractivity contribution in [1.29, 1.82) is 0 Å². The van der Waals surface area contributed by atoms with Crippen molar-refractivity contribution in [2.24, 2.45) is 5.73 Å². The molecule has 1 fully saturated rings. The molecule has 14 heavy (non-hydrogen) atoms. The van der Waals surface area contributed by atoms with Gasteiger partial charge in [-0.2, -0.15) is 0 Å². The van der Waals surface area contributed by atoms with Gasteiger partial charge in [0.05, 0.1) is 0 Å². The first-order valence-corrected chi connectivity index (χ1v) is 5.24. The molecule has 1 rings (SSSR count). The topological polar surface area (TPSA) is 41.3 Å². The molecule has 0 aromatic heterocycles. The van der Waals surface area contributed by atoms with Crippen molar-refractivity contribution in [3.63, 3.8) is 0 Å². The van der Waals surface area contributed by atoms with E-state index in [9.17, 15) is 0 Å². The first kappa shape index (κ1) is 11.3. The van der Waals surface area contributed by atoms with Crippen LogP contribution in [0.3, 0.4) is 0 Å². The highest BCUT2D eigenvalue weighted by Crippen LogP contribution is 2.06. The van der Waals surface area contributed by atoms with Crippen LogP contribution in [0, 0.1) is 0 Å². The Bertz CT molecular complexity index is 205. The Morgan fingerprint density at radius 2 is 2.21 bits per heavy atom. The molecule has 0 amide bonds. The molecule has 0 aromatic rings. The van der Waals surface area contributed by atoms with E-state index in [1.54, 1.807) is 6.08 Å². The van der Waals surface area contributed by atoms with E-state index in [1.165, 1.54) is 5.70 Å². The molecular formula is C11H21N3. The van der Waals surface area contributed by atoms with Crippen LogP contribution in [0.4, 0.5) is 0 Å². The van der Waals surface area contributed by atoms with Crippen LogP contribution in [0.1, 0.15) is 13.3 Å². The predicted octanol–water partition coefficient (Wildman–Crippen LogP) is 0.699. The molecule has 1 heterocycles. The zero-order valence-electron chi connectivity index (χ0n) is 9.00. The second-order valence-electron chi connectivity index (χ2n) is 3.72. The van der Waals surface area contributed by atoms with Gasteiger partial charge in [-0.25, -0.2) is 0 Å². The molecule has 0 spiro atoms. The molecule has 1 aliphatic heterocycles. The van der Waals surface area contributed by atoms with Gasteiger partial charge in [0.25, 0.3) is 0 Å². The van der Waals surface area contributed by atoms with Gasteiger partial charge in [-0.15, -0.1) is 6.58 Å². The summed E-state index contributed by atoms with van der Waals surface area (Å²) in [5.74, 6) is 0.